The Morgan fingerprint density at radius 1 is 1.44 bits per heavy atom. The summed E-state index contributed by atoms with van der Waals surface area (Å²) in [5, 5.41) is 18.9. The molecule has 0 saturated heterocycles. The number of halogens is 1. The third-order valence-electron chi connectivity index (χ3n) is 3.61. The van der Waals surface area contributed by atoms with Crippen LogP contribution in [0.5, 0.6) is 5.75 Å². The normalized spacial score (nSPS) is 17.6. The first-order valence-electron chi connectivity index (χ1n) is 5.42. The van der Waals surface area contributed by atoms with Crippen LogP contribution in [-0.2, 0) is 5.41 Å². The molecule has 0 aliphatic heterocycles. The first-order chi connectivity index (χ1) is 7.52. The maximum atomic E-state index is 13.5. The van der Waals surface area contributed by atoms with Crippen molar-refractivity contribution in [2.24, 2.45) is 0 Å². The van der Waals surface area contributed by atoms with Crippen LogP contribution in [0.15, 0.2) is 6.07 Å². The molecule has 16 heavy (non-hydrogen) atoms. The minimum Gasteiger partial charge on any atom is -0.505 e. The maximum Gasteiger partial charge on any atom is 0.167 e. The Bertz CT molecular complexity index is 484. The van der Waals surface area contributed by atoms with Gasteiger partial charge in [0.2, 0.25) is 0 Å². The summed E-state index contributed by atoms with van der Waals surface area (Å²) in [4.78, 5) is 0. The van der Waals surface area contributed by atoms with Gasteiger partial charge in [-0.15, -0.1) is 0 Å². The number of aromatic hydroxyl groups is 1. The van der Waals surface area contributed by atoms with Crippen LogP contribution < -0.4 is 0 Å². The van der Waals surface area contributed by atoms with Gasteiger partial charge in [0, 0.05) is 0 Å². The van der Waals surface area contributed by atoms with E-state index >= 15 is 0 Å². The summed E-state index contributed by atoms with van der Waals surface area (Å²) in [6.45, 7) is 3.28. The van der Waals surface area contributed by atoms with Crippen LogP contribution in [0.3, 0.4) is 0 Å². The average molecular weight is 219 g/mol. The summed E-state index contributed by atoms with van der Waals surface area (Å²) in [5.41, 5.74) is 1.20. The molecule has 1 aliphatic carbocycles. The fraction of sp³-hybridized carbons (Fsp3) is 0.462. The number of nitrogens with zero attached hydrogens (tertiary/aromatic N) is 1. The molecule has 1 N–H and O–H groups in total. The summed E-state index contributed by atoms with van der Waals surface area (Å²) in [5.74, 6) is -0.884. The Hall–Kier alpha value is -1.56. The van der Waals surface area contributed by atoms with Crippen LogP contribution in [0.25, 0.3) is 0 Å². The minimum atomic E-state index is -0.575. The lowest BCUT2D eigenvalue weighted by atomic mass is 9.64. The summed E-state index contributed by atoms with van der Waals surface area (Å²) in [7, 11) is 0. The molecule has 0 heterocycles. The molecular weight excluding hydrogens is 205 g/mol. The van der Waals surface area contributed by atoms with E-state index in [1.807, 2.05) is 0 Å². The molecule has 0 bridgehead atoms. The number of phenolic OH excluding ortho intramolecular Hbond substituents is 1. The SMILES string of the molecule is Cc1cc(C2(C#N)CCC2)c(C)c(O)c1F. The molecule has 84 valence electrons. The van der Waals surface area contributed by atoms with Gasteiger partial charge in [0.1, 0.15) is 0 Å². The Balaban J connectivity index is 2.63. The summed E-state index contributed by atoms with van der Waals surface area (Å²) < 4.78 is 13.5. The average Bonchev–Trinajstić information content (AvgIpc) is 2.21. The monoisotopic (exact) mass is 219 g/mol. The number of benzene rings is 1. The van der Waals surface area contributed by atoms with Gasteiger partial charge < -0.3 is 5.11 Å². The molecule has 2 rings (SSSR count). The van der Waals surface area contributed by atoms with Crippen LogP contribution >= 0.6 is 0 Å². The molecular formula is C13H14FNO. The summed E-state index contributed by atoms with van der Waals surface area (Å²) in [6.07, 6.45) is 2.62. The quantitative estimate of drug-likeness (QED) is 0.788. The third-order valence-corrected chi connectivity index (χ3v) is 3.61. The Morgan fingerprint density at radius 2 is 2.06 bits per heavy atom. The molecule has 0 aromatic heterocycles. The fourth-order valence-electron chi connectivity index (χ4n) is 2.34. The first-order valence-corrected chi connectivity index (χ1v) is 5.42. The van der Waals surface area contributed by atoms with Crippen molar-refractivity contribution in [3.8, 4) is 11.8 Å². The van der Waals surface area contributed by atoms with Gasteiger partial charge >= 0.3 is 0 Å². The van der Waals surface area contributed by atoms with E-state index in [0.717, 1.165) is 24.8 Å². The van der Waals surface area contributed by atoms with Crippen molar-refractivity contribution < 1.29 is 9.50 Å². The molecule has 0 spiro atoms. The molecule has 1 aromatic carbocycles. The van der Waals surface area contributed by atoms with Crippen LogP contribution in [0.2, 0.25) is 0 Å². The van der Waals surface area contributed by atoms with Crippen molar-refractivity contribution in [1.29, 1.82) is 5.26 Å². The number of aryl methyl sites for hydroxylation is 1. The van der Waals surface area contributed by atoms with E-state index in [4.69, 9.17) is 0 Å². The highest BCUT2D eigenvalue weighted by Gasteiger charge is 2.41. The predicted molar refractivity (Wildman–Crippen MR) is 58.7 cm³/mol. The topological polar surface area (TPSA) is 44.0 Å². The van der Waals surface area contributed by atoms with Crippen LogP contribution in [0, 0.1) is 31.0 Å². The minimum absolute atomic E-state index is 0.309. The summed E-state index contributed by atoms with van der Waals surface area (Å²) in [6, 6.07) is 4.01. The van der Waals surface area contributed by atoms with Gasteiger partial charge in [-0.2, -0.15) is 5.26 Å². The number of hydrogen-bond acceptors (Lipinski definition) is 2. The zero-order valence-corrected chi connectivity index (χ0v) is 9.47. The predicted octanol–water partition coefficient (Wildman–Crippen LogP) is 3.09. The molecule has 1 aromatic rings. The number of nitriles is 1. The molecule has 1 aliphatic rings. The maximum absolute atomic E-state index is 13.5. The van der Waals surface area contributed by atoms with Crippen LogP contribution in [0.1, 0.15) is 36.0 Å². The van der Waals surface area contributed by atoms with E-state index < -0.39 is 11.2 Å². The molecule has 3 heteroatoms. The van der Waals surface area contributed by atoms with E-state index in [1.54, 1.807) is 19.9 Å². The van der Waals surface area contributed by atoms with Crippen molar-refractivity contribution in [1.82, 2.24) is 0 Å². The molecule has 0 unspecified atom stereocenters. The highest BCUT2D eigenvalue weighted by molar-refractivity contribution is 5.50. The first kappa shape index (κ1) is 10.9. The Labute approximate surface area is 94.3 Å². The van der Waals surface area contributed by atoms with Crippen molar-refractivity contribution >= 4 is 0 Å². The van der Waals surface area contributed by atoms with Crippen LogP contribution in [0.4, 0.5) is 4.39 Å². The van der Waals surface area contributed by atoms with E-state index in [9.17, 15) is 14.8 Å². The molecule has 0 radical (unpaired) electrons. The zero-order chi connectivity index (χ0) is 11.9. The molecule has 1 fully saturated rings. The second-order valence-corrected chi connectivity index (χ2v) is 4.58. The van der Waals surface area contributed by atoms with E-state index in [-0.39, 0.29) is 5.75 Å². The van der Waals surface area contributed by atoms with Gasteiger partial charge in [0.05, 0.1) is 11.5 Å². The second-order valence-electron chi connectivity index (χ2n) is 4.58. The van der Waals surface area contributed by atoms with Crippen molar-refractivity contribution in [3.05, 3.63) is 28.6 Å². The van der Waals surface area contributed by atoms with Crippen molar-refractivity contribution in [2.45, 2.75) is 38.5 Å². The molecule has 0 amide bonds. The second kappa shape index (κ2) is 3.48. The molecule has 1 saturated carbocycles. The standard InChI is InChI=1S/C13H14FNO/c1-8-6-10(9(2)12(16)11(8)14)13(7-15)4-3-5-13/h6,16H,3-5H2,1-2H3. The van der Waals surface area contributed by atoms with Crippen molar-refractivity contribution in [2.75, 3.05) is 0 Å². The number of hydrogen-bond donors (Lipinski definition) is 1. The highest BCUT2D eigenvalue weighted by atomic mass is 19.1. The van der Waals surface area contributed by atoms with Gasteiger partial charge in [0.25, 0.3) is 0 Å². The van der Waals surface area contributed by atoms with E-state index in [1.165, 1.54) is 0 Å². The van der Waals surface area contributed by atoms with Gasteiger partial charge in [-0.3, -0.25) is 0 Å². The largest absolute Gasteiger partial charge is 0.505 e. The lowest BCUT2D eigenvalue weighted by molar-refractivity contribution is 0.319. The fourth-order valence-corrected chi connectivity index (χ4v) is 2.34. The molecule has 2 nitrogen and oxygen atoms in total. The van der Waals surface area contributed by atoms with E-state index in [0.29, 0.717) is 11.1 Å². The van der Waals surface area contributed by atoms with Crippen LogP contribution in [-0.4, -0.2) is 5.11 Å². The van der Waals surface area contributed by atoms with Crippen molar-refractivity contribution in [3.63, 3.8) is 0 Å². The number of rotatable bonds is 1. The third kappa shape index (κ3) is 1.30. The zero-order valence-electron chi connectivity index (χ0n) is 9.47. The van der Waals surface area contributed by atoms with Gasteiger partial charge in [0.15, 0.2) is 11.6 Å². The Kier molecular flexibility index (Phi) is 2.38. The van der Waals surface area contributed by atoms with E-state index in [2.05, 4.69) is 6.07 Å². The smallest absolute Gasteiger partial charge is 0.167 e. The molecule has 0 atom stereocenters. The van der Waals surface area contributed by atoms with Gasteiger partial charge in [-0.25, -0.2) is 4.39 Å². The Morgan fingerprint density at radius 3 is 2.50 bits per heavy atom. The van der Waals surface area contributed by atoms with Gasteiger partial charge in [-0.1, -0.05) is 6.07 Å². The lowest BCUT2D eigenvalue weighted by Gasteiger charge is -2.37. The summed E-state index contributed by atoms with van der Waals surface area (Å²) >= 11 is 0. The number of phenols is 1. The van der Waals surface area contributed by atoms with Gasteiger partial charge in [-0.05, 0) is 49.8 Å². The highest BCUT2D eigenvalue weighted by Crippen LogP contribution is 2.46. The lowest BCUT2D eigenvalue weighted by Crippen LogP contribution is -2.33.